The molecular weight excluding hydrogens is 428 g/mol. The van der Waals surface area contributed by atoms with E-state index in [4.69, 9.17) is 21.1 Å². The molecule has 0 bridgehead atoms. The minimum Gasteiger partial charge on any atom is -0.353 e. The molecule has 1 fully saturated rings. The molecule has 0 saturated carbocycles. The molecule has 1 saturated heterocycles. The van der Waals surface area contributed by atoms with Crippen LogP contribution in [-0.2, 0) is 20.5 Å². The zero-order valence-electron chi connectivity index (χ0n) is 14.7. The molecule has 2 atom stereocenters. The van der Waals surface area contributed by atoms with E-state index in [1.807, 2.05) is 13.8 Å². The van der Waals surface area contributed by atoms with Crippen molar-refractivity contribution in [2.45, 2.75) is 44.3 Å². The van der Waals surface area contributed by atoms with Crippen molar-refractivity contribution in [2.24, 2.45) is 0 Å². The highest BCUT2D eigenvalue weighted by molar-refractivity contribution is 9.10. The number of aromatic nitrogens is 1. The topological polar surface area (TPSA) is 51.7 Å². The Morgan fingerprint density at radius 3 is 2.92 bits per heavy atom. The molecule has 0 aromatic carbocycles. The summed E-state index contributed by atoms with van der Waals surface area (Å²) < 4.78 is 26.4. The molecule has 2 heterocycles. The molecular formula is C17H26BrClN2O3S. The van der Waals surface area contributed by atoms with E-state index in [9.17, 15) is 4.21 Å². The van der Waals surface area contributed by atoms with Crippen molar-refractivity contribution in [3.05, 3.63) is 34.5 Å². The van der Waals surface area contributed by atoms with Crippen LogP contribution in [0.2, 0.25) is 5.15 Å². The van der Waals surface area contributed by atoms with Gasteiger partial charge in [-0.25, -0.2) is 13.5 Å². The number of rotatable bonds is 7. The van der Waals surface area contributed by atoms with E-state index >= 15 is 0 Å². The first-order valence-electron chi connectivity index (χ1n) is 8.31. The Hall–Kier alpha value is -0.310. The van der Waals surface area contributed by atoms with Crippen LogP contribution in [-0.4, -0.2) is 46.1 Å². The van der Waals surface area contributed by atoms with Crippen LogP contribution in [0.1, 0.15) is 33.1 Å². The van der Waals surface area contributed by atoms with Crippen molar-refractivity contribution in [3.8, 4) is 0 Å². The molecule has 25 heavy (non-hydrogen) atoms. The van der Waals surface area contributed by atoms with Gasteiger partial charge in [0.05, 0.1) is 11.5 Å². The highest BCUT2D eigenvalue weighted by Gasteiger charge is 2.19. The van der Waals surface area contributed by atoms with Crippen LogP contribution in [0.25, 0.3) is 0 Å². The normalized spacial score (nSPS) is 18.4. The number of likely N-dealkylation sites (N-methyl/N-ethyl adjacent to an activating group) is 1. The molecule has 0 amide bonds. The molecule has 1 aliphatic heterocycles. The SMILES string of the molecule is C=CC.CCN(CCOC1CCCCO1)S(=O)c1cc(Br)cnc1Cl. The second-order valence-electron chi connectivity index (χ2n) is 5.29. The summed E-state index contributed by atoms with van der Waals surface area (Å²) in [6, 6.07) is 1.74. The molecule has 0 aliphatic carbocycles. The monoisotopic (exact) mass is 452 g/mol. The Labute approximate surface area is 166 Å². The van der Waals surface area contributed by atoms with Crippen LogP contribution < -0.4 is 0 Å². The lowest BCUT2D eigenvalue weighted by atomic mass is 10.2. The van der Waals surface area contributed by atoms with Gasteiger partial charge in [0.2, 0.25) is 0 Å². The van der Waals surface area contributed by atoms with Gasteiger partial charge >= 0.3 is 0 Å². The first-order chi connectivity index (χ1) is 12.0. The van der Waals surface area contributed by atoms with Crippen LogP contribution in [0.3, 0.4) is 0 Å². The minimum absolute atomic E-state index is 0.128. The van der Waals surface area contributed by atoms with Crippen LogP contribution >= 0.6 is 27.5 Å². The van der Waals surface area contributed by atoms with E-state index < -0.39 is 11.0 Å². The fourth-order valence-corrected chi connectivity index (χ4v) is 4.11. The van der Waals surface area contributed by atoms with Crippen LogP contribution in [0.15, 0.2) is 34.3 Å². The summed E-state index contributed by atoms with van der Waals surface area (Å²) >= 11 is 9.37. The Morgan fingerprint density at radius 2 is 2.32 bits per heavy atom. The second-order valence-corrected chi connectivity index (χ2v) is 8.02. The Kier molecular flexibility index (Phi) is 11.8. The van der Waals surface area contributed by atoms with Gasteiger partial charge in [0.25, 0.3) is 0 Å². The first kappa shape index (κ1) is 22.7. The fraction of sp³-hybridized carbons (Fsp3) is 0.588. The quantitative estimate of drug-likeness (QED) is 0.448. The fourth-order valence-electron chi connectivity index (χ4n) is 2.15. The van der Waals surface area contributed by atoms with Crippen molar-refractivity contribution in [2.75, 3.05) is 26.3 Å². The smallest absolute Gasteiger partial charge is 0.157 e. The Bertz CT molecular complexity index is 557. The summed E-state index contributed by atoms with van der Waals surface area (Å²) in [6.45, 7) is 9.61. The molecule has 2 unspecified atom stereocenters. The standard InChI is InChI=1S/C14H20BrClN2O3S.C3H6/c1-2-18(6-8-21-13-5-3-4-7-20-13)22(19)12-9-11(15)10-17-14(12)16;1-3-2/h9-10,13H,2-8H2,1H3;3H,1H2,2H3. The lowest BCUT2D eigenvalue weighted by Crippen LogP contribution is -2.32. The maximum atomic E-state index is 12.6. The lowest BCUT2D eigenvalue weighted by molar-refractivity contribution is -0.162. The van der Waals surface area contributed by atoms with Crippen LogP contribution in [0.4, 0.5) is 0 Å². The number of hydrogen-bond acceptors (Lipinski definition) is 4. The first-order valence-corrected chi connectivity index (χ1v) is 10.6. The lowest BCUT2D eigenvalue weighted by Gasteiger charge is -2.25. The van der Waals surface area contributed by atoms with Gasteiger partial charge in [-0.15, -0.1) is 6.58 Å². The highest BCUT2D eigenvalue weighted by Crippen LogP contribution is 2.23. The van der Waals surface area contributed by atoms with Gasteiger partial charge in [-0.1, -0.05) is 24.6 Å². The summed E-state index contributed by atoms with van der Waals surface area (Å²) in [7, 11) is -1.36. The molecule has 0 spiro atoms. The number of allylic oxidation sites excluding steroid dienone is 1. The van der Waals surface area contributed by atoms with Crippen molar-refractivity contribution in [1.82, 2.24) is 9.29 Å². The zero-order chi connectivity index (χ0) is 18.7. The van der Waals surface area contributed by atoms with Gasteiger partial charge in [-0.05, 0) is 48.2 Å². The van der Waals surface area contributed by atoms with Crippen molar-refractivity contribution in [1.29, 1.82) is 0 Å². The van der Waals surface area contributed by atoms with Gasteiger partial charge in [0.1, 0.15) is 16.1 Å². The second kappa shape index (κ2) is 12.9. The molecule has 1 aliphatic rings. The van der Waals surface area contributed by atoms with Gasteiger partial charge in [-0.2, -0.15) is 0 Å². The number of halogens is 2. The van der Waals surface area contributed by atoms with Crippen molar-refractivity contribution >= 4 is 38.5 Å². The molecule has 1 aromatic heterocycles. The molecule has 8 heteroatoms. The summed E-state index contributed by atoms with van der Waals surface area (Å²) in [4.78, 5) is 4.52. The van der Waals surface area contributed by atoms with Crippen molar-refractivity contribution < 1.29 is 13.7 Å². The molecule has 5 nitrogen and oxygen atoms in total. The molecule has 2 rings (SSSR count). The third-order valence-electron chi connectivity index (χ3n) is 3.33. The van der Waals surface area contributed by atoms with Gasteiger partial charge in [0, 0.05) is 30.4 Å². The maximum absolute atomic E-state index is 12.6. The summed E-state index contributed by atoms with van der Waals surface area (Å²) in [5.41, 5.74) is 0. The van der Waals surface area contributed by atoms with E-state index in [2.05, 4.69) is 27.5 Å². The third kappa shape index (κ3) is 8.28. The van der Waals surface area contributed by atoms with E-state index in [1.54, 1.807) is 22.6 Å². The average Bonchev–Trinajstić information content (AvgIpc) is 2.62. The zero-order valence-corrected chi connectivity index (χ0v) is 17.9. The molecule has 0 radical (unpaired) electrons. The third-order valence-corrected chi connectivity index (χ3v) is 5.78. The van der Waals surface area contributed by atoms with Gasteiger partial charge < -0.3 is 9.47 Å². The van der Waals surface area contributed by atoms with Gasteiger partial charge in [-0.3, -0.25) is 0 Å². The van der Waals surface area contributed by atoms with Crippen molar-refractivity contribution in [3.63, 3.8) is 0 Å². The molecule has 1 aromatic rings. The largest absolute Gasteiger partial charge is 0.353 e. The molecule has 142 valence electrons. The maximum Gasteiger partial charge on any atom is 0.157 e. The average molecular weight is 454 g/mol. The van der Waals surface area contributed by atoms with E-state index in [0.717, 1.165) is 30.3 Å². The number of pyridine rings is 1. The van der Waals surface area contributed by atoms with E-state index in [1.165, 1.54) is 0 Å². The van der Waals surface area contributed by atoms with Crippen LogP contribution in [0.5, 0.6) is 0 Å². The Morgan fingerprint density at radius 1 is 1.60 bits per heavy atom. The van der Waals surface area contributed by atoms with E-state index in [0.29, 0.717) is 24.6 Å². The summed E-state index contributed by atoms with van der Waals surface area (Å²) in [5.74, 6) is 0. The highest BCUT2D eigenvalue weighted by atomic mass is 79.9. The molecule has 0 N–H and O–H groups in total. The Balaban J connectivity index is 0.000000970. The van der Waals surface area contributed by atoms with Gasteiger partial charge in [0.15, 0.2) is 6.29 Å². The predicted octanol–water partition coefficient (Wildman–Crippen LogP) is 4.58. The van der Waals surface area contributed by atoms with Crippen LogP contribution in [0, 0.1) is 0 Å². The summed E-state index contributed by atoms with van der Waals surface area (Å²) in [5, 5.41) is 0.261. The number of ether oxygens (including phenoxy) is 2. The minimum atomic E-state index is -1.36. The van der Waals surface area contributed by atoms with E-state index in [-0.39, 0.29) is 11.4 Å². The number of hydrogen-bond donors (Lipinski definition) is 0. The number of nitrogens with zero attached hydrogens (tertiary/aromatic N) is 2. The predicted molar refractivity (Wildman–Crippen MR) is 106 cm³/mol. The summed E-state index contributed by atoms with van der Waals surface area (Å²) in [6.07, 6.45) is 6.36.